The van der Waals surface area contributed by atoms with Crippen molar-refractivity contribution in [2.24, 2.45) is 23.7 Å². The third-order valence-electron chi connectivity index (χ3n) is 4.80. The predicted octanol–water partition coefficient (Wildman–Crippen LogP) is 2.50. The van der Waals surface area contributed by atoms with Gasteiger partial charge < -0.3 is 15.7 Å². The van der Waals surface area contributed by atoms with Crippen molar-refractivity contribution in [2.75, 3.05) is 10.6 Å². The van der Waals surface area contributed by atoms with Gasteiger partial charge in [0.25, 0.3) is 0 Å². The van der Waals surface area contributed by atoms with Crippen LogP contribution < -0.4 is 10.6 Å². The number of carbonyl (C=O) groups is 3. The Labute approximate surface area is 139 Å². The summed E-state index contributed by atoms with van der Waals surface area (Å²) in [4.78, 5) is 35.4. The third kappa shape index (κ3) is 3.04. The lowest BCUT2D eigenvalue weighted by atomic mass is 9.82. The maximum Gasteiger partial charge on any atom is 0.307 e. The Morgan fingerprint density at radius 3 is 2.08 bits per heavy atom. The van der Waals surface area contributed by atoms with Crippen molar-refractivity contribution in [3.63, 3.8) is 0 Å². The number of nitrogens with one attached hydrogen (secondary N) is 2. The van der Waals surface area contributed by atoms with Crippen molar-refractivity contribution < 1.29 is 19.5 Å². The highest BCUT2D eigenvalue weighted by atomic mass is 16.4. The summed E-state index contributed by atoms with van der Waals surface area (Å²) >= 11 is 0. The second-order valence-corrected chi connectivity index (χ2v) is 6.31. The Bertz CT molecular complexity index is 695. The molecule has 0 heterocycles. The van der Waals surface area contributed by atoms with Gasteiger partial charge in [-0.2, -0.15) is 0 Å². The van der Waals surface area contributed by atoms with E-state index in [0.717, 1.165) is 6.42 Å². The van der Waals surface area contributed by atoms with Crippen molar-refractivity contribution in [3.8, 4) is 0 Å². The highest BCUT2D eigenvalue weighted by molar-refractivity contribution is 5.97. The van der Waals surface area contributed by atoms with E-state index in [2.05, 4.69) is 10.6 Å². The molecule has 2 amide bonds. The predicted molar refractivity (Wildman–Crippen MR) is 89.3 cm³/mol. The molecule has 1 saturated carbocycles. The number of amides is 2. The Hall–Kier alpha value is -2.63. The summed E-state index contributed by atoms with van der Waals surface area (Å²) in [6.07, 6.45) is 5.00. The van der Waals surface area contributed by atoms with E-state index < -0.39 is 17.8 Å². The molecule has 2 bridgehead atoms. The number of anilines is 2. The first-order valence-electron chi connectivity index (χ1n) is 8.11. The second kappa shape index (κ2) is 6.47. The fraction of sp³-hybridized carbons (Fsp3) is 0.389. The number of carbonyl (C=O) groups excluding carboxylic acids is 2. The van der Waals surface area contributed by atoms with E-state index in [1.807, 2.05) is 12.2 Å². The number of hydrogen-bond donors (Lipinski definition) is 3. The lowest BCUT2D eigenvalue weighted by Crippen LogP contribution is -2.36. The van der Waals surface area contributed by atoms with E-state index in [1.165, 1.54) is 0 Å². The number of hydrogen-bond acceptors (Lipinski definition) is 3. The molecule has 1 fully saturated rings. The summed E-state index contributed by atoms with van der Waals surface area (Å²) < 4.78 is 0. The van der Waals surface area contributed by atoms with Gasteiger partial charge in [0.1, 0.15) is 0 Å². The molecule has 1 aromatic rings. The zero-order valence-corrected chi connectivity index (χ0v) is 13.4. The summed E-state index contributed by atoms with van der Waals surface area (Å²) in [5.74, 6) is -2.48. The molecule has 0 aromatic heterocycles. The van der Waals surface area contributed by atoms with E-state index in [1.54, 1.807) is 31.2 Å². The lowest BCUT2D eigenvalue weighted by Gasteiger charge is -2.23. The van der Waals surface area contributed by atoms with Crippen LogP contribution in [0, 0.1) is 23.7 Å². The quantitative estimate of drug-likeness (QED) is 0.724. The molecule has 2 aliphatic carbocycles. The smallest absolute Gasteiger partial charge is 0.307 e. The van der Waals surface area contributed by atoms with E-state index in [9.17, 15) is 19.5 Å². The average molecular weight is 328 g/mol. The van der Waals surface area contributed by atoms with Crippen LogP contribution in [0.25, 0.3) is 0 Å². The molecule has 2 aliphatic rings. The molecule has 3 rings (SSSR count). The minimum absolute atomic E-state index is 0.000726. The van der Waals surface area contributed by atoms with Gasteiger partial charge in [-0.3, -0.25) is 14.4 Å². The first-order chi connectivity index (χ1) is 11.5. The molecule has 1 aromatic carbocycles. The van der Waals surface area contributed by atoms with E-state index in [-0.39, 0.29) is 23.7 Å². The topological polar surface area (TPSA) is 95.5 Å². The summed E-state index contributed by atoms with van der Waals surface area (Å²) in [7, 11) is 0. The molecule has 0 saturated heterocycles. The molecule has 0 spiro atoms. The number of carboxylic acid groups (broad SMARTS) is 1. The van der Waals surface area contributed by atoms with Gasteiger partial charge in [-0.25, -0.2) is 0 Å². The van der Waals surface area contributed by atoms with E-state index >= 15 is 0 Å². The Morgan fingerprint density at radius 1 is 1.00 bits per heavy atom. The van der Waals surface area contributed by atoms with Gasteiger partial charge in [-0.05, 0) is 42.5 Å². The molecule has 3 N–H and O–H groups in total. The first-order valence-corrected chi connectivity index (χ1v) is 8.11. The van der Waals surface area contributed by atoms with Crippen molar-refractivity contribution in [1.29, 1.82) is 0 Å². The highest BCUT2D eigenvalue weighted by Crippen LogP contribution is 2.48. The molecule has 0 unspecified atom stereocenters. The van der Waals surface area contributed by atoms with Crippen LogP contribution in [-0.4, -0.2) is 22.9 Å². The fourth-order valence-corrected chi connectivity index (χ4v) is 3.63. The Kier molecular flexibility index (Phi) is 4.38. The molecule has 126 valence electrons. The maximum atomic E-state index is 12.6. The van der Waals surface area contributed by atoms with Gasteiger partial charge >= 0.3 is 5.97 Å². The van der Waals surface area contributed by atoms with Gasteiger partial charge in [0.05, 0.1) is 11.8 Å². The van der Waals surface area contributed by atoms with Crippen molar-refractivity contribution >= 4 is 29.2 Å². The first kappa shape index (κ1) is 16.2. The summed E-state index contributed by atoms with van der Waals surface area (Å²) in [5.41, 5.74) is 1.25. The lowest BCUT2D eigenvalue weighted by molar-refractivity contribution is -0.146. The Balaban J connectivity index is 1.67. The van der Waals surface area contributed by atoms with Crippen LogP contribution in [0.4, 0.5) is 11.4 Å². The molecule has 6 nitrogen and oxygen atoms in total. The largest absolute Gasteiger partial charge is 0.481 e. The number of aliphatic carboxylic acids is 1. The fourth-order valence-electron chi connectivity index (χ4n) is 3.63. The minimum Gasteiger partial charge on any atom is -0.481 e. The van der Waals surface area contributed by atoms with Crippen LogP contribution in [0.5, 0.6) is 0 Å². The molecule has 24 heavy (non-hydrogen) atoms. The number of rotatable bonds is 5. The zero-order valence-electron chi connectivity index (χ0n) is 13.4. The number of carboxylic acids is 1. The van der Waals surface area contributed by atoms with Crippen LogP contribution in [0.1, 0.15) is 19.8 Å². The minimum atomic E-state index is -0.912. The molecule has 0 aliphatic heterocycles. The van der Waals surface area contributed by atoms with Crippen molar-refractivity contribution in [2.45, 2.75) is 19.8 Å². The monoisotopic (exact) mass is 328 g/mol. The molecule has 6 heteroatoms. The van der Waals surface area contributed by atoms with Gasteiger partial charge in [-0.1, -0.05) is 19.1 Å². The summed E-state index contributed by atoms with van der Waals surface area (Å²) in [5, 5.41) is 14.9. The molecule has 0 radical (unpaired) electrons. The van der Waals surface area contributed by atoms with Crippen LogP contribution in [0.3, 0.4) is 0 Å². The van der Waals surface area contributed by atoms with Gasteiger partial charge in [0, 0.05) is 17.8 Å². The third-order valence-corrected chi connectivity index (χ3v) is 4.80. The number of allylic oxidation sites excluding steroid dienone is 2. The normalized spacial score (nSPS) is 27.0. The van der Waals surface area contributed by atoms with Crippen LogP contribution in [0.15, 0.2) is 36.4 Å². The second-order valence-electron chi connectivity index (χ2n) is 6.31. The highest BCUT2D eigenvalue weighted by Gasteiger charge is 2.51. The van der Waals surface area contributed by atoms with Crippen molar-refractivity contribution in [1.82, 2.24) is 0 Å². The number of fused-ring (bicyclic) bond motifs is 2. The van der Waals surface area contributed by atoms with Crippen LogP contribution in [0.2, 0.25) is 0 Å². The van der Waals surface area contributed by atoms with Crippen molar-refractivity contribution in [3.05, 3.63) is 36.4 Å². The Morgan fingerprint density at radius 2 is 1.54 bits per heavy atom. The van der Waals surface area contributed by atoms with Gasteiger partial charge in [0.2, 0.25) is 11.8 Å². The van der Waals surface area contributed by atoms with Gasteiger partial charge in [-0.15, -0.1) is 0 Å². The average Bonchev–Trinajstić information content (AvgIpc) is 3.17. The summed E-state index contributed by atoms with van der Waals surface area (Å²) in [6, 6.07) is 6.81. The maximum absolute atomic E-state index is 12.6. The SMILES string of the molecule is CCC(=O)Nc1ccc(NC(=O)[C@H]2[C@@H](C(=O)O)[C@H]3C=C[C@H]2C3)cc1. The molecular weight excluding hydrogens is 308 g/mol. The zero-order chi connectivity index (χ0) is 17.3. The molecular formula is C18H20N2O4. The summed E-state index contributed by atoms with van der Waals surface area (Å²) in [6.45, 7) is 1.77. The number of benzene rings is 1. The van der Waals surface area contributed by atoms with E-state index in [4.69, 9.17) is 0 Å². The molecule has 4 atom stereocenters. The van der Waals surface area contributed by atoms with Crippen LogP contribution >= 0.6 is 0 Å². The van der Waals surface area contributed by atoms with Gasteiger partial charge in [0.15, 0.2) is 0 Å². The van der Waals surface area contributed by atoms with Crippen LogP contribution in [-0.2, 0) is 14.4 Å². The standard InChI is InChI=1S/C18H20N2O4/c1-2-14(21)19-12-5-7-13(8-6-12)20-17(22)15-10-3-4-11(9-10)16(15)18(23)24/h3-8,10-11,15-16H,2,9H2,1H3,(H,19,21)(H,20,22)(H,23,24)/t10-,11-,15+,16-/m0/s1. The van der Waals surface area contributed by atoms with E-state index in [0.29, 0.717) is 17.8 Å².